The number of thioether (sulfide) groups is 1. The molecule has 174 valence electrons. The molecule has 4 rings (SSSR count). The number of benzene rings is 3. The number of para-hydroxylation sites is 2. The van der Waals surface area contributed by atoms with Gasteiger partial charge in [-0.05, 0) is 79.1 Å². The van der Waals surface area contributed by atoms with Crippen LogP contribution in [0.15, 0.2) is 81.1 Å². The number of ether oxygens (including phenoxy) is 1. The van der Waals surface area contributed by atoms with Gasteiger partial charge in [0.05, 0.1) is 22.9 Å². The summed E-state index contributed by atoms with van der Waals surface area (Å²) in [6.45, 7) is 6.72. The number of nitrogens with zero attached hydrogens (tertiary/aromatic N) is 2. The highest BCUT2D eigenvalue weighted by atomic mass is 79.9. The molecule has 0 atom stereocenters. The van der Waals surface area contributed by atoms with Gasteiger partial charge >= 0.3 is 0 Å². The number of anilines is 1. The molecule has 3 aromatic rings. The predicted octanol–water partition coefficient (Wildman–Crippen LogP) is 7.78. The van der Waals surface area contributed by atoms with Crippen molar-refractivity contribution < 1.29 is 9.53 Å². The Morgan fingerprint density at radius 2 is 1.68 bits per heavy atom. The van der Waals surface area contributed by atoms with Crippen LogP contribution in [0.4, 0.5) is 11.4 Å². The molecular weight excluding hydrogens is 508 g/mol. The van der Waals surface area contributed by atoms with Gasteiger partial charge < -0.3 is 4.74 Å². The van der Waals surface area contributed by atoms with Crippen LogP contribution in [0.2, 0.25) is 0 Å². The first kappa shape index (κ1) is 24.3. The third-order valence-electron chi connectivity index (χ3n) is 5.57. The van der Waals surface area contributed by atoms with Gasteiger partial charge in [-0.2, -0.15) is 0 Å². The van der Waals surface area contributed by atoms with Gasteiger partial charge in [0, 0.05) is 10.0 Å². The number of aliphatic imine (C=N–C) groups is 1. The Morgan fingerprint density at radius 1 is 0.971 bits per heavy atom. The average molecular weight is 536 g/mol. The molecule has 1 fully saturated rings. The summed E-state index contributed by atoms with van der Waals surface area (Å²) in [5.74, 6) is 0.662. The molecule has 1 saturated heterocycles. The molecule has 1 heterocycles. The largest absolute Gasteiger partial charge is 0.493 e. The Labute approximate surface area is 213 Å². The van der Waals surface area contributed by atoms with Gasteiger partial charge in [-0.3, -0.25) is 9.69 Å². The zero-order valence-electron chi connectivity index (χ0n) is 19.5. The van der Waals surface area contributed by atoms with E-state index in [1.807, 2.05) is 67.6 Å². The SMILES string of the molecule is CCOc1ccc(Br)cc1C=C1SC(=Nc2ccccc2CC)N(c2ccccc2CC)C1=O. The first-order valence-electron chi connectivity index (χ1n) is 11.5. The van der Waals surface area contributed by atoms with Crippen molar-refractivity contribution in [3.63, 3.8) is 0 Å². The zero-order valence-corrected chi connectivity index (χ0v) is 21.9. The molecule has 0 bridgehead atoms. The van der Waals surface area contributed by atoms with Crippen molar-refractivity contribution in [3.05, 3.63) is 92.8 Å². The summed E-state index contributed by atoms with van der Waals surface area (Å²) < 4.78 is 6.74. The lowest BCUT2D eigenvalue weighted by Gasteiger charge is -2.19. The summed E-state index contributed by atoms with van der Waals surface area (Å²) in [7, 11) is 0. The summed E-state index contributed by atoms with van der Waals surface area (Å²) in [5, 5.41) is 0.658. The van der Waals surface area contributed by atoms with Gasteiger partial charge in [-0.15, -0.1) is 0 Å². The molecule has 34 heavy (non-hydrogen) atoms. The van der Waals surface area contributed by atoms with Crippen LogP contribution in [0.3, 0.4) is 0 Å². The summed E-state index contributed by atoms with van der Waals surface area (Å²) >= 11 is 4.94. The van der Waals surface area contributed by atoms with E-state index >= 15 is 0 Å². The minimum absolute atomic E-state index is 0.0824. The molecule has 1 amide bonds. The van der Waals surface area contributed by atoms with E-state index in [-0.39, 0.29) is 5.91 Å². The standard InChI is InChI=1S/C28H27BrN2O2S/c1-4-19-11-7-9-13-23(19)30-28-31(24-14-10-8-12-20(24)5-2)27(32)26(34-28)18-21-17-22(29)15-16-25(21)33-6-3/h7-18H,4-6H2,1-3H3. The maximum absolute atomic E-state index is 13.8. The molecule has 0 unspecified atom stereocenters. The minimum atomic E-state index is -0.0824. The predicted molar refractivity (Wildman–Crippen MR) is 147 cm³/mol. The van der Waals surface area contributed by atoms with Crippen molar-refractivity contribution in [2.45, 2.75) is 33.6 Å². The van der Waals surface area contributed by atoms with E-state index in [4.69, 9.17) is 9.73 Å². The van der Waals surface area contributed by atoms with Gasteiger partial charge in [-0.1, -0.05) is 66.2 Å². The van der Waals surface area contributed by atoms with Crippen LogP contribution in [0.1, 0.15) is 37.5 Å². The first-order valence-corrected chi connectivity index (χ1v) is 13.1. The third-order valence-corrected chi connectivity index (χ3v) is 7.03. The van der Waals surface area contributed by atoms with Crippen LogP contribution in [0, 0.1) is 0 Å². The number of hydrogen-bond acceptors (Lipinski definition) is 4. The van der Waals surface area contributed by atoms with Crippen LogP contribution >= 0.6 is 27.7 Å². The minimum Gasteiger partial charge on any atom is -0.493 e. The van der Waals surface area contributed by atoms with Crippen molar-refractivity contribution in [3.8, 4) is 5.75 Å². The molecule has 4 nitrogen and oxygen atoms in total. The van der Waals surface area contributed by atoms with Gasteiger partial charge in [0.25, 0.3) is 5.91 Å². The monoisotopic (exact) mass is 534 g/mol. The van der Waals surface area contributed by atoms with Crippen molar-refractivity contribution in [2.75, 3.05) is 11.5 Å². The second-order valence-corrected chi connectivity index (χ2v) is 9.65. The van der Waals surface area contributed by atoms with Crippen LogP contribution in [0.5, 0.6) is 5.75 Å². The average Bonchev–Trinajstić information content (AvgIpc) is 3.15. The highest BCUT2D eigenvalue weighted by molar-refractivity contribution is 9.10. The van der Waals surface area contributed by atoms with Crippen molar-refractivity contribution in [1.29, 1.82) is 0 Å². The smallest absolute Gasteiger partial charge is 0.271 e. The number of amides is 1. The number of aryl methyl sites for hydroxylation is 2. The molecule has 0 aromatic heterocycles. The van der Waals surface area contributed by atoms with E-state index in [1.54, 1.807) is 4.90 Å². The normalized spacial score (nSPS) is 16.0. The molecule has 0 aliphatic carbocycles. The molecule has 3 aromatic carbocycles. The van der Waals surface area contributed by atoms with Crippen LogP contribution in [0.25, 0.3) is 6.08 Å². The van der Waals surface area contributed by atoms with E-state index in [0.29, 0.717) is 16.7 Å². The Bertz CT molecular complexity index is 1270. The van der Waals surface area contributed by atoms with Gasteiger partial charge in [0.15, 0.2) is 5.17 Å². The van der Waals surface area contributed by atoms with E-state index in [0.717, 1.165) is 51.1 Å². The van der Waals surface area contributed by atoms with Crippen molar-refractivity contribution in [1.82, 2.24) is 0 Å². The number of hydrogen-bond donors (Lipinski definition) is 0. The van der Waals surface area contributed by atoms with Crippen LogP contribution in [-0.2, 0) is 17.6 Å². The van der Waals surface area contributed by atoms with Crippen LogP contribution in [-0.4, -0.2) is 17.7 Å². The lowest BCUT2D eigenvalue weighted by atomic mass is 10.1. The number of carbonyl (C=O) groups excluding carboxylic acids is 1. The van der Waals surface area contributed by atoms with Crippen LogP contribution < -0.4 is 9.64 Å². The third kappa shape index (κ3) is 5.13. The molecule has 0 N–H and O–H groups in total. The number of carbonyl (C=O) groups is 1. The van der Waals surface area contributed by atoms with Gasteiger partial charge in [0.1, 0.15) is 5.75 Å². The summed E-state index contributed by atoms with van der Waals surface area (Å²) in [6.07, 6.45) is 3.59. The van der Waals surface area contributed by atoms with E-state index in [1.165, 1.54) is 11.8 Å². The lowest BCUT2D eigenvalue weighted by Crippen LogP contribution is -2.29. The topological polar surface area (TPSA) is 41.9 Å². The Balaban J connectivity index is 1.85. The Hall–Kier alpha value is -2.83. The second kappa shape index (κ2) is 11.1. The Kier molecular flexibility index (Phi) is 7.91. The van der Waals surface area contributed by atoms with E-state index < -0.39 is 0 Å². The fraction of sp³-hybridized carbons (Fsp3) is 0.214. The lowest BCUT2D eigenvalue weighted by molar-refractivity contribution is -0.113. The quantitative estimate of drug-likeness (QED) is 0.290. The molecule has 0 saturated carbocycles. The van der Waals surface area contributed by atoms with Crippen molar-refractivity contribution >= 4 is 56.2 Å². The number of amidine groups is 1. The number of rotatable bonds is 7. The molecule has 0 radical (unpaired) electrons. The first-order chi connectivity index (χ1) is 16.5. The molecule has 1 aliphatic rings. The summed E-state index contributed by atoms with van der Waals surface area (Å²) in [6, 6.07) is 21.9. The van der Waals surface area contributed by atoms with Gasteiger partial charge in [0.2, 0.25) is 0 Å². The maximum atomic E-state index is 13.8. The number of halogens is 1. The van der Waals surface area contributed by atoms with Crippen molar-refractivity contribution in [2.24, 2.45) is 4.99 Å². The zero-order chi connectivity index (χ0) is 24.1. The molecule has 6 heteroatoms. The highest BCUT2D eigenvalue weighted by Crippen LogP contribution is 2.40. The highest BCUT2D eigenvalue weighted by Gasteiger charge is 2.36. The fourth-order valence-electron chi connectivity index (χ4n) is 3.87. The Morgan fingerprint density at radius 3 is 2.41 bits per heavy atom. The van der Waals surface area contributed by atoms with E-state index in [2.05, 4.69) is 41.9 Å². The summed E-state index contributed by atoms with van der Waals surface area (Å²) in [4.78, 5) is 21.1. The molecule has 0 spiro atoms. The summed E-state index contributed by atoms with van der Waals surface area (Å²) in [5.41, 5.74) is 4.86. The fourth-order valence-corrected chi connectivity index (χ4v) is 5.23. The van der Waals surface area contributed by atoms with Gasteiger partial charge in [-0.25, -0.2) is 4.99 Å². The maximum Gasteiger partial charge on any atom is 0.271 e. The second-order valence-electron chi connectivity index (χ2n) is 7.73. The molecule has 1 aliphatic heterocycles. The van der Waals surface area contributed by atoms with E-state index in [9.17, 15) is 4.79 Å². The molecular formula is C28H27BrN2O2S.